The topological polar surface area (TPSA) is 71.3 Å². The van der Waals surface area contributed by atoms with Crippen LogP contribution in [0.25, 0.3) is 11.4 Å². The van der Waals surface area contributed by atoms with Gasteiger partial charge in [-0.05, 0) is 62.2 Å². The molecule has 1 saturated heterocycles. The molecule has 3 aromatic rings. The number of rotatable bonds is 10. The molecule has 2 heterocycles. The third kappa shape index (κ3) is 7.71. The number of carbonyl (C=O) groups is 1. The number of benzene rings is 2. The molecule has 1 amide bonds. The highest BCUT2D eigenvalue weighted by Crippen LogP contribution is 2.28. The van der Waals surface area contributed by atoms with E-state index >= 15 is 0 Å². The van der Waals surface area contributed by atoms with E-state index in [1.54, 1.807) is 18.2 Å². The van der Waals surface area contributed by atoms with Gasteiger partial charge >= 0.3 is 0 Å². The summed E-state index contributed by atoms with van der Waals surface area (Å²) in [7, 11) is 0. The van der Waals surface area contributed by atoms with Crippen LogP contribution in [0.15, 0.2) is 47.0 Å². The van der Waals surface area contributed by atoms with Gasteiger partial charge in [0.1, 0.15) is 0 Å². The number of hydrogen-bond donors (Lipinski definition) is 1. The molecule has 0 radical (unpaired) electrons. The Labute approximate surface area is 220 Å². The average molecular weight is 534 g/mol. The van der Waals surface area contributed by atoms with Gasteiger partial charge in [-0.1, -0.05) is 58.2 Å². The summed E-state index contributed by atoms with van der Waals surface area (Å²) in [5, 5.41) is 8.22. The summed E-state index contributed by atoms with van der Waals surface area (Å²) >= 11 is 14.1. The van der Waals surface area contributed by atoms with Gasteiger partial charge in [0.15, 0.2) is 0 Å². The molecule has 1 aromatic heterocycles. The first-order valence-electron chi connectivity index (χ1n) is 11.9. The standard InChI is InChI=1S/C26H30Cl2N4O2S/c1-18-5-7-19(8-6-18)17-35-13-3-11-29-26(33)20-4-2-12-32(15-20)16-24-30-25(31-34-24)22-10-9-21(27)14-23(22)28/h5-10,14,20H,2-4,11-13,15-17H2,1H3,(H,29,33). The summed E-state index contributed by atoms with van der Waals surface area (Å²) in [6.07, 6.45) is 2.84. The van der Waals surface area contributed by atoms with Gasteiger partial charge in [-0.2, -0.15) is 16.7 Å². The molecule has 186 valence electrons. The lowest BCUT2D eigenvalue weighted by Crippen LogP contribution is -2.43. The first-order chi connectivity index (χ1) is 17.0. The lowest BCUT2D eigenvalue weighted by Gasteiger charge is -2.30. The normalized spacial score (nSPS) is 16.4. The Hall–Kier alpha value is -2.06. The van der Waals surface area contributed by atoms with Crippen LogP contribution in [0.1, 0.15) is 36.3 Å². The number of nitrogens with one attached hydrogen (secondary N) is 1. The summed E-state index contributed by atoms with van der Waals surface area (Å²) in [5.74, 6) is 3.11. The van der Waals surface area contributed by atoms with Gasteiger partial charge < -0.3 is 9.84 Å². The van der Waals surface area contributed by atoms with Crippen molar-refractivity contribution in [3.8, 4) is 11.4 Å². The maximum Gasteiger partial charge on any atom is 0.241 e. The molecule has 0 bridgehead atoms. The molecule has 1 aliphatic heterocycles. The van der Waals surface area contributed by atoms with Crippen molar-refractivity contribution in [1.82, 2.24) is 20.4 Å². The van der Waals surface area contributed by atoms with E-state index in [1.165, 1.54) is 11.1 Å². The minimum atomic E-state index is -0.0166. The minimum Gasteiger partial charge on any atom is -0.356 e. The maximum absolute atomic E-state index is 12.7. The smallest absolute Gasteiger partial charge is 0.241 e. The molecule has 1 aliphatic rings. The van der Waals surface area contributed by atoms with Gasteiger partial charge in [-0.25, -0.2) is 0 Å². The van der Waals surface area contributed by atoms with Crippen molar-refractivity contribution in [2.45, 2.75) is 38.5 Å². The van der Waals surface area contributed by atoms with E-state index in [4.69, 9.17) is 27.7 Å². The predicted molar refractivity (Wildman–Crippen MR) is 143 cm³/mol. The molecule has 1 unspecified atom stereocenters. The van der Waals surface area contributed by atoms with Gasteiger partial charge in [0.2, 0.25) is 17.6 Å². The van der Waals surface area contributed by atoms with Crippen molar-refractivity contribution >= 4 is 40.9 Å². The second kappa shape index (κ2) is 12.8. The molecule has 0 spiro atoms. The van der Waals surface area contributed by atoms with Crippen molar-refractivity contribution < 1.29 is 9.32 Å². The number of amides is 1. The maximum atomic E-state index is 12.7. The summed E-state index contributed by atoms with van der Waals surface area (Å²) in [6, 6.07) is 13.8. The Morgan fingerprint density at radius 2 is 2.06 bits per heavy atom. The molecule has 6 nitrogen and oxygen atoms in total. The molecule has 1 N–H and O–H groups in total. The van der Waals surface area contributed by atoms with E-state index < -0.39 is 0 Å². The number of nitrogens with zero attached hydrogens (tertiary/aromatic N) is 3. The molecule has 9 heteroatoms. The predicted octanol–water partition coefficient (Wildman–Crippen LogP) is 6.00. The molecular weight excluding hydrogens is 503 g/mol. The van der Waals surface area contributed by atoms with Crippen LogP contribution in [-0.2, 0) is 17.1 Å². The van der Waals surface area contributed by atoms with Crippen molar-refractivity contribution in [1.29, 1.82) is 0 Å². The fourth-order valence-corrected chi connectivity index (χ4v) is 5.52. The summed E-state index contributed by atoms with van der Waals surface area (Å²) in [6.45, 7) is 4.92. The van der Waals surface area contributed by atoms with Crippen molar-refractivity contribution in [2.24, 2.45) is 5.92 Å². The van der Waals surface area contributed by atoms with E-state index in [-0.39, 0.29) is 11.8 Å². The molecule has 1 atom stereocenters. The molecular formula is C26H30Cl2N4O2S. The van der Waals surface area contributed by atoms with Crippen LogP contribution >= 0.6 is 35.0 Å². The Kier molecular flexibility index (Phi) is 9.49. The minimum absolute atomic E-state index is 0.0166. The molecule has 4 rings (SSSR count). The first kappa shape index (κ1) is 26.0. The van der Waals surface area contributed by atoms with Gasteiger partial charge in [-0.15, -0.1) is 0 Å². The zero-order chi connectivity index (χ0) is 24.6. The molecule has 35 heavy (non-hydrogen) atoms. The third-order valence-electron chi connectivity index (χ3n) is 6.03. The van der Waals surface area contributed by atoms with Crippen molar-refractivity contribution in [3.63, 3.8) is 0 Å². The Balaban J connectivity index is 1.18. The SMILES string of the molecule is Cc1ccc(CSCCCNC(=O)C2CCCN(Cc3nc(-c4ccc(Cl)cc4Cl)no3)C2)cc1. The highest BCUT2D eigenvalue weighted by molar-refractivity contribution is 7.98. The van der Waals surface area contributed by atoms with Crippen LogP contribution in [0.4, 0.5) is 0 Å². The fraction of sp³-hybridized carbons (Fsp3) is 0.423. The van der Waals surface area contributed by atoms with E-state index in [1.807, 2.05) is 11.8 Å². The number of hydrogen-bond acceptors (Lipinski definition) is 6. The van der Waals surface area contributed by atoms with Crippen LogP contribution in [-0.4, -0.2) is 46.3 Å². The molecule has 1 fully saturated rings. The lowest BCUT2D eigenvalue weighted by atomic mass is 9.97. The molecule has 0 aliphatic carbocycles. The number of likely N-dealkylation sites (tertiary alicyclic amines) is 1. The Bertz CT molecular complexity index is 1120. The second-order valence-corrected chi connectivity index (χ2v) is 10.8. The number of thioether (sulfide) groups is 1. The number of aromatic nitrogens is 2. The third-order valence-corrected chi connectivity index (χ3v) is 7.69. The molecule has 2 aromatic carbocycles. The number of piperidine rings is 1. The van der Waals surface area contributed by atoms with E-state index in [0.717, 1.165) is 37.3 Å². The number of carbonyl (C=O) groups excluding carboxylic acids is 1. The second-order valence-electron chi connectivity index (χ2n) is 8.89. The largest absolute Gasteiger partial charge is 0.356 e. The van der Waals surface area contributed by atoms with Gasteiger partial charge in [-0.3, -0.25) is 9.69 Å². The van der Waals surface area contributed by atoms with Crippen molar-refractivity contribution in [2.75, 3.05) is 25.4 Å². The zero-order valence-corrected chi connectivity index (χ0v) is 22.1. The molecule has 0 saturated carbocycles. The summed E-state index contributed by atoms with van der Waals surface area (Å²) in [4.78, 5) is 19.4. The Morgan fingerprint density at radius 1 is 1.23 bits per heavy atom. The van der Waals surface area contributed by atoms with Crippen LogP contribution in [0.5, 0.6) is 0 Å². The lowest BCUT2D eigenvalue weighted by molar-refractivity contribution is -0.126. The highest BCUT2D eigenvalue weighted by atomic mass is 35.5. The summed E-state index contributed by atoms with van der Waals surface area (Å²) in [5.41, 5.74) is 3.31. The van der Waals surface area contributed by atoms with Crippen LogP contribution in [0, 0.1) is 12.8 Å². The number of halogens is 2. The highest BCUT2D eigenvalue weighted by Gasteiger charge is 2.26. The number of aryl methyl sites for hydroxylation is 1. The zero-order valence-electron chi connectivity index (χ0n) is 19.8. The van der Waals surface area contributed by atoms with E-state index in [9.17, 15) is 4.79 Å². The van der Waals surface area contributed by atoms with Gasteiger partial charge in [0, 0.05) is 29.4 Å². The van der Waals surface area contributed by atoms with Crippen LogP contribution < -0.4 is 5.32 Å². The monoisotopic (exact) mass is 532 g/mol. The Morgan fingerprint density at radius 3 is 2.86 bits per heavy atom. The summed E-state index contributed by atoms with van der Waals surface area (Å²) < 4.78 is 5.45. The van der Waals surface area contributed by atoms with Crippen LogP contribution in [0.2, 0.25) is 10.0 Å². The average Bonchev–Trinajstić information content (AvgIpc) is 3.30. The first-order valence-corrected chi connectivity index (χ1v) is 13.8. The van der Waals surface area contributed by atoms with E-state index in [2.05, 4.69) is 51.5 Å². The quantitative estimate of drug-likeness (QED) is 0.322. The van der Waals surface area contributed by atoms with Gasteiger partial charge in [0.25, 0.3) is 0 Å². The van der Waals surface area contributed by atoms with E-state index in [0.29, 0.717) is 47.0 Å². The van der Waals surface area contributed by atoms with Crippen molar-refractivity contribution in [3.05, 3.63) is 69.5 Å². The van der Waals surface area contributed by atoms with Crippen LogP contribution in [0.3, 0.4) is 0 Å². The van der Waals surface area contributed by atoms with Gasteiger partial charge in [0.05, 0.1) is 17.5 Å². The fourth-order valence-electron chi connectivity index (χ4n) is 4.11.